The standard InChI is InChI=1S/C18H20N2O5/c1-11-4-6-13(7-5-11)20-18(22)12-8-14(23-2)17(15(9-12)24-3)25-10-16(19)21/h4-9H,10H2,1-3H3,(H2,19,21)(H,20,22). The van der Waals surface area contributed by atoms with Crippen molar-refractivity contribution < 1.29 is 23.8 Å². The van der Waals surface area contributed by atoms with Crippen LogP contribution >= 0.6 is 0 Å². The second-order valence-electron chi connectivity index (χ2n) is 5.29. The van der Waals surface area contributed by atoms with Gasteiger partial charge in [-0.3, -0.25) is 9.59 Å². The second-order valence-corrected chi connectivity index (χ2v) is 5.29. The van der Waals surface area contributed by atoms with E-state index in [1.807, 2.05) is 31.2 Å². The maximum atomic E-state index is 12.5. The van der Waals surface area contributed by atoms with Crippen LogP contribution in [0.4, 0.5) is 5.69 Å². The van der Waals surface area contributed by atoms with Gasteiger partial charge >= 0.3 is 0 Å². The molecule has 0 unspecified atom stereocenters. The van der Waals surface area contributed by atoms with Crippen molar-refractivity contribution in [3.05, 3.63) is 47.5 Å². The molecule has 132 valence electrons. The smallest absolute Gasteiger partial charge is 0.255 e. The molecule has 0 atom stereocenters. The fourth-order valence-electron chi connectivity index (χ4n) is 2.14. The highest BCUT2D eigenvalue weighted by Crippen LogP contribution is 2.38. The van der Waals surface area contributed by atoms with E-state index in [-0.39, 0.29) is 29.8 Å². The summed E-state index contributed by atoms with van der Waals surface area (Å²) in [5, 5.41) is 2.79. The number of amides is 2. The molecule has 0 saturated carbocycles. The van der Waals surface area contributed by atoms with Gasteiger partial charge in [-0.25, -0.2) is 0 Å². The Bertz CT molecular complexity index is 747. The third-order valence-electron chi connectivity index (χ3n) is 3.39. The number of carbonyl (C=O) groups is 2. The maximum Gasteiger partial charge on any atom is 0.255 e. The SMILES string of the molecule is COc1cc(C(=O)Nc2ccc(C)cc2)cc(OC)c1OCC(N)=O. The van der Waals surface area contributed by atoms with Crippen LogP contribution in [-0.4, -0.2) is 32.6 Å². The summed E-state index contributed by atoms with van der Waals surface area (Å²) in [5.41, 5.74) is 7.17. The van der Waals surface area contributed by atoms with Crippen molar-refractivity contribution in [3.8, 4) is 17.2 Å². The molecule has 0 spiro atoms. The van der Waals surface area contributed by atoms with Crippen LogP contribution in [0.1, 0.15) is 15.9 Å². The number of methoxy groups -OCH3 is 2. The van der Waals surface area contributed by atoms with E-state index in [0.717, 1.165) is 5.56 Å². The van der Waals surface area contributed by atoms with Gasteiger partial charge in [0.05, 0.1) is 14.2 Å². The van der Waals surface area contributed by atoms with E-state index in [9.17, 15) is 9.59 Å². The molecule has 0 aliphatic heterocycles. The summed E-state index contributed by atoms with van der Waals surface area (Å²) in [6.45, 7) is 1.63. The predicted octanol–water partition coefficient (Wildman–Crippen LogP) is 2.13. The van der Waals surface area contributed by atoms with Crippen LogP contribution in [-0.2, 0) is 4.79 Å². The number of primary amides is 1. The van der Waals surface area contributed by atoms with Crippen molar-refractivity contribution in [2.24, 2.45) is 5.73 Å². The van der Waals surface area contributed by atoms with Crippen LogP contribution in [0, 0.1) is 6.92 Å². The first-order chi connectivity index (χ1) is 11.9. The first-order valence-corrected chi connectivity index (χ1v) is 7.49. The molecule has 0 radical (unpaired) electrons. The molecule has 0 fully saturated rings. The number of ether oxygens (including phenoxy) is 3. The van der Waals surface area contributed by atoms with Crippen LogP contribution < -0.4 is 25.3 Å². The van der Waals surface area contributed by atoms with Gasteiger partial charge in [0, 0.05) is 11.3 Å². The van der Waals surface area contributed by atoms with Crippen molar-refractivity contribution in [2.75, 3.05) is 26.1 Å². The number of rotatable bonds is 7. The number of hydrogen-bond acceptors (Lipinski definition) is 5. The lowest BCUT2D eigenvalue weighted by Gasteiger charge is -2.15. The van der Waals surface area contributed by atoms with Crippen LogP contribution in [0.25, 0.3) is 0 Å². The number of nitrogens with one attached hydrogen (secondary N) is 1. The van der Waals surface area contributed by atoms with Crippen molar-refractivity contribution in [3.63, 3.8) is 0 Å². The fraction of sp³-hybridized carbons (Fsp3) is 0.222. The van der Waals surface area contributed by atoms with Gasteiger partial charge in [0.2, 0.25) is 5.75 Å². The number of nitrogens with two attached hydrogens (primary N) is 1. The minimum absolute atomic E-state index is 0.204. The number of hydrogen-bond donors (Lipinski definition) is 2. The first kappa shape index (κ1) is 18.1. The minimum Gasteiger partial charge on any atom is -0.493 e. The second kappa shape index (κ2) is 8.05. The van der Waals surface area contributed by atoms with E-state index in [1.165, 1.54) is 26.4 Å². The van der Waals surface area contributed by atoms with E-state index in [2.05, 4.69) is 5.32 Å². The summed E-state index contributed by atoms with van der Waals surface area (Å²) < 4.78 is 15.8. The summed E-state index contributed by atoms with van der Waals surface area (Å²) in [6.07, 6.45) is 0. The Hall–Kier alpha value is -3.22. The molecular formula is C18H20N2O5. The van der Waals surface area contributed by atoms with Gasteiger partial charge in [0.1, 0.15) is 0 Å². The first-order valence-electron chi connectivity index (χ1n) is 7.49. The highest BCUT2D eigenvalue weighted by Gasteiger charge is 2.18. The molecule has 3 N–H and O–H groups in total. The van der Waals surface area contributed by atoms with Gasteiger partial charge in [-0.2, -0.15) is 0 Å². The Morgan fingerprint density at radius 2 is 1.60 bits per heavy atom. The summed E-state index contributed by atoms with van der Waals surface area (Å²) in [7, 11) is 2.85. The highest BCUT2D eigenvalue weighted by atomic mass is 16.5. The summed E-state index contributed by atoms with van der Waals surface area (Å²) in [5.74, 6) is -0.243. The zero-order chi connectivity index (χ0) is 18.4. The molecule has 0 saturated heterocycles. The van der Waals surface area contributed by atoms with E-state index in [4.69, 9.17) is 19.9 Å². The van der Waals surface area contributed by atoms with Crippen LogP contribution in [0.3, 0.4) is 0 Å². The lowest BCUT2D eigenvalue weighted by molar-refractivity contribution is -0.120. The van der Waals surface area contributed by atoms with Crippen LogP contribution in [0.2, 0.25) is 0 Å². The zero-order valence-electron chi connectivity index (χ0n) is 14.3. The summed E-state index contributed by atoms with van der Waals surface area (Å²) in [6, 6.07) is 10.4. The van der Waals surface area contributed by atoms with Crippen molar-refractivity contribution in [1.82, 2.24) is 0 Å². The molecule has 0 aliphatic rings. The van der Waals surface area contributed by atoms with E-state index in [0.29, 0.717) is 11.3 Å². The molecule has 0 heterocycles. The Kier molecular flexibility index (Phi) is 5.84. The Labute approximate surface area is 145 Å². The van der Waals surface area contributed by atoms with Crippen LogP contribution in [0.15, 0.2) is 36.4 Å². The largest absolute Gasteiger partial charge is 0.493 e. The fourth-order valence-corrected chi connectivity index (χ4v) is 2.14. The third kappa shape index (κ3) is 4.63. The molecule has 2 amide bonds. The molecule has 25 heavy (non-hydrogen) atoms. The van der Waals surface area contributed by atoms with Crippen LogP contribution in [0.5, 0.6) is 17.2 Å². The Morgan fingerprint density at radius 3 is 2.08 bits per heavy atom. The zero-order valence-corrected chi connectivity index (χ0v) is 14.3. The quantitative estimate of drug-likeness (QED) is 0.801. The lowest BCUT2D eigenvalue weighted by Crippen LogP contribution is -2.20. The number of benzene rings is 2. The monoisotopic (exact) mass is 344 g/mol. The van der Waals surface area contributed by atoms with E-state index >= 15 is 0 Å². The molecule has 0 bridgehead atoms. The Morgan fingerprint density at radius 1 is 1.04 bits per heavy atom. The van der Waals surface area contributed by atoms with Crippen molar-refractivity contribution in [1.29, 1.82) is 0 Å². The molecule has 0 aliphatic carbocycles. The molecule has 2 aromatic carbocycles. The molecule has 0 aromatic heterocycles. The van der Waals surface area contributed by atoms with Gasteiger partial charge in [-0.05, 0) is 31.2 Å². The van der Waals surface area contributed by atoms with Gasteiger partial charge < -0.3 is 25.3 Å². The number of carbonyl (C=O) groups excluding carboxylic acids is 2. The topological polar surface area (TPSA) is 99.9 Å². The Balaban J connectivity index is 2.29. The third-order valence-corrected chi connectivity index (χ3v) is 3.39. The average Bonchev–Trinajstić information content (AvgIpc) is 2.60. The minimum atomic E-state index is -0.634. The number of anilines is 1. The predicted molar refractivity (Wildman–Crippen MR) is 93.4 cm³/mol. The van der Waals surface area contributed by atoms with Gasteiger partial charge in [-0.15, -0.1) is 0 Å². The van der Waals surface area contributed by atoms with Crippen molar-refractivity contribution in [2.45, 2.75) is 6.92 Å². The van der Waals surface area contributed by atoms with Gasteiger partial charge in [0.15, 0.2) is 18.1 Å². The van der Waals surface area contributed by atoms with Gasteiger partial charge in [0.25, 0.3) is 11.8 Å². The normalized spacial score (nSPS) is 10.0. The number of aryl methyl sites for hydroxylation is 1. The van der Waals surface area contributed by atoms with E-state index in [1.54, 1.807) is 0 Å². The van der Waals surface area contributed by atoms with E-state index < -0.39 is 5.91 Å². The van der Waals surface area contributed by atoms with Gasteiger partial charge in [-0.1, -0.05) is 17.7 Å². The molecular weight excluding hydrogens is 324 g/mol. The molecule has 7 heteroatoms. The maximum absolute atomic E-state index is 12.5. The average molecular weight is 344 g/mol. The molecule has 2 aromatic rings. The lowest BCUT2D eigenvalue weighted by atomic mass is 10.1. The highest BCUT2D eigenvalue weighted by molar-refractivity contribution is 6.05. The summed E-state index contributed by atoms with van der Waals surface area (Å²) >= 11 is 0. The molecule has 2 rings (SSSR count). The molecule has 7 nitrogen and oxygen atoms in total. The summed E-state index contributed by atoms with van der Waals surface area (Å²) in [4.78, 5) is 23.4. The van der Waals surface area contributed by atoms with Crippen molar-refractivity contribution >= 4 is 17.5 Å².